The fourth-order valence-electron chi connectivity index (χ4n) is 2.52. The second-order valence-corrected chi connectivity index (χ2v) is 5.44. The van der Waals surface area contributed by atoms with Crippen LogP contribution in [0.1, 0.15) is 33.6 Å². The minimum atomic E-state index is 0. The fraction of sp³-hybridized carbons (Fsp3) is 0.800. The standard InChI is InChI=1S/C15H30N4.HI/c1-5-9-17-15(16-6-2)18-12-14(13(3)4)19-10-7-8-11-19;/h5,13-14H,1,6-12H2,2-4H3,(H2,16,17,18);1H. The summed E-state index contributed by atoms with van der Waals surface area (Å²) >= 11 is 0. The van der Waals surface area contributed by atoms with Crippen molar-refractivity contribution in [2.24, 2.45) is 10.9 Å². The van der Waals surface area contributed by atoms with Gasteiger partial charge in [0.15, 0.2) is 5.96 Å². The first-order valence-corrected chi connectivity index (χ1v) is 7.56. The lowest BCUT2D eigenvalue weighted by molar-refractivity contribution is 0.197. The van der Waals surface area contributed by atoms with Gasteiger partial charge in [0.2, 0.25) is 0 Å². The Balaban J connectivity index is 0.00000361. The van der Waals surface area contributed by atoms with Crippen LogP contribution in [-0.2, 0) is 0 Å². The van der Waals surface area contributed by atoms with E-state index >= 15 is 0 Å². The molecule has 1 aliphatic heterocycles. The third-order valence-electron chi connectivity index (χ3n) is 3.57. The molecule has 4 nitrogen and oxygen atoms in total. The Labute approximate surface area is 141 Å². The number of rotatable bonds is 7. The Morgan fingerprint density at radius 1 is 1.30 bits per heavy atom. The molecule has 1 aliphatic rings. The first-order valence-electron chi connectivity index (χ1n) is 7.56. The number of guanidine groups is 1. The molecule has 1 unspecified atom stereocenters. The molecule has 2 N–H and O–H groups in total. The molecule has 118 valence electrons. The highest BCUT2D eigenvalue weighted by Crippen LogP contribution is 2.17. The van der Waals surface area contributed by atoms with E-state index in [1.54, 1.807) is 0 Å². The minimum absolute atomic E-state index is 0. The van der Waals surface area contributed by atoms with Crippen molar-refractivity contribution in [2.75, 3.05) is 32.7 Å². The molecule has 0 aliphatic carbocycles. The van der Waals surface area contributed by atoms with Crippen LogP contribution >= 0.6 is 24.0 Å². The van der Waals surface area contributed by atoms with Gasteiger partial charge in [-0.2, -0.15) is 0 Å². The number of hydrogen-bond acceptors (Lipinski definition) is 2. The molecule has 0 aromatic carbocycles. The summed E-state index contributed by atoms with van der Waals surface area (Å²) < 4.78 is 0. The van der Waals surface area contributed by atoms with Crippen LogP contribution in [0.25, 0.3) is 0 Å². The largest absolute Gasteiger partial charge is 0.357 e. The highest BCUT2D eigenvalue weighted by Gasteiger charge is 2.24. The molecule has 0 radical (unpaired) electrons. The highest BCUT2D eigenvalue weighted by molar-refractivity contribution is 14.0. The van der Waals surface area contributed by atoms with Gasteiger partial charge in [-0.05, 0) is 38.8 Å². The molecule has 20 heavy (non-hydrogen) atoms. The molecule has 5 heteroatoms. The molecular formula is C15H31IN4. The Morgan fingerprint density at radius 3 is 2.45 bits per heavy atom. The van der Waals surface area contributed by atoms with Crippen molar-refractivity contribution in [3.63, 3.8) is 0 Å². The predicted octanol–water partition coefficient (Wildman–Crippen LogP) is 2.47. The zero-order valence-corrected chi connectivity index (χ0v) is 15.5. The SMILES string of the molecule is C=CCNC(=NCC(C(C)C)N1CCCC1)NCC.I. The molecule has 1 fully saturated rings. The normalized spacial score (nSPS) is 17.7. The van der Waals surface area contributed by atoms with Gasteiger partial charge >= 0.3 is 0 Å². The first-order chi connectivity index (χ1) is 9.19. The van der Waals surface area contributed by atoms with E-state index in [4.69, 9.17) is 4.99 Å². The van der Waals surface area contributed by atoms with Crippen molar-refractivity contribution >= 4 is 29.9 Å². The summed E-state index contributed by atoms with van der Waals surface area (Å²) in [5, 5.41) is 6.53. The maximum absolute atomic E-state index is 4.72. The predicted molar refractivity (Wildman–Crippen MR) is 99.0 cm³/mol. The van der Waals surface area contributed by atoms with E-state index in [1.165, 1.54) is 25.9 Å². The molecule has 0 saturated carbocycles. The van der Waals surface area contributed by atoms with Crippen molar-refractivity contribution in [1.82, 2.24) is 15.5 Å². The van der Waals surface area contributed by atoms with Gasteiger partial charge in [-0.1, -0.05) is 19.9 Å². The second kappa shape index (κ2) is 11.4. The summed E-state index contributed by atoms with van der Waals surface area (Å²) in [7, 11) is 0. The molecule has 0 bridgehead atoms. The molecule has 0 spiro atoms. The van der Waals surface area contributed by atoms with Crippen LogP contribution in [0.4, 0.5) is 0 Å². The zero-order chi connectivity index (χ0) is 14.1. The summed E-state index contributed by atoms with van der Waals surface area (Å²) in [5.74, 6) is 1.54. The average molecular weight is 394 g/mol. The van der Waals surface area contributed by atoms with E-state index in [2.05, 4.69) is 42.9 Å². The summed E-state index contributed by atoms with van der Waals surface area (Å²) in [6.45, 7) is 15.4. The molecule has 1 heterocycles. The highest BCUT2D eigenvalue weighted by atomic mass is 127. The zero-order valence-electron chi connectivity index (χ0n) is 13.2. The van der Waals surface area contributed by atoms with E-state index in [9.17, 15) is 0 Å². The van der Waals surface area contributed by atoms with E-state index in [-0.39, 0.29) is 24.0 Å². The lowest BCUT2D eigenvalue weighted by Crippen LogP contribution is -2.42. The van der Waals surface area contributed by atoms with Gasteiger partial charge < -0.3 is 10.6 Å². The van der Waals surface area contributed by atoms with Crippen LogP contribution in [0.5, 0.6) is 0 Å². The van der Waals surface area contributed by atoms with Gasteiger partial charge in [-0.25, -0.2) is 0 Å². The van der Waals surface area contributed by atoms with E-state index in [0.29, 0.717) is 12.0 Å². The van der Waals surface area contributed by atoms with E-state index in [0.717, 1.165) is 25.6 Å². The Bertz CT molecular complexity index is 286. The number of aliphatic imine (C=N–C) groups is 1. The topological polar surface area (TPSA) is 39.7 Å². The molecular weight excluding hydrogens is 363 g/mol. The quantitative estimate of drug-likeness (QED) is 0.302. The third-order valence-corrected chi connectivity index (χ3v) is 3.57. The van der Waals surface area contributed by atoms with Crippen LogP contribution < -0.4 is 10.6 Å². The first kappa shape index (κ1) is 19.7. The van der Waals surface area contributed by atoms with Gasteiger partial charge in [0.25, 0.3) is 0 Å². The fourth-order valence-corrected chi connectivity index (χ4v) is 2.52. The summed E-state index contributed by atoms with van der Waals surface area (Å²) in [4.78, 5) is 7.31. The number of likely N-dealkylation sites (tertiary alicyclic amines) is 1. The van der Waals surface area contributed by atoms with Crippen LogP contribution in [-0.4, -0.2) is 49.6 Å². The van der Waals surface area contributed by atoms with Crippen molar-refractivity contribution in [3.8, 4) is 0 Å². The molecule has 0 aromatic heterocycles. The Morgan fingerprint density at radius 2 is 1.95 bits per heavy atom. The smallest absolute Gasteiger partial charge is 0.191 e. The van der Waals surface area contributed by atoms with Crippen molar-refractivity contribution in [1.29, 1.82) is 0 Å². The van der Waals surface area contributed by atoms with Gasteiger partial charge in [0.1, 0.15) is 0 Å². The minimum Gasteiger partial charge on any atom is -0.357 e. The van der Waals surface area contributed by atoms with Crippen molar-refractivity contribution in [2.45, 2.75) is 39.7 Å². The van der Waals surface area contributed by atoms with Crippen LogP contribution in [0.2, 0.25) is 0 Å². The Hall–Kier alpha value is -0.300. The van der Waals surface area contributed by atoms with Crippen LogP contribution in [0.3, 0.4) is 0 Å². The van der Waals surface area contributed by atoms with Gasteiger partial charge in [0, 0.05) is 19.1 Å². The lowest BCUT2D eigenvalue weighted by Gasteiger charge is -2.29. The summed E-state index contributed by atoms with van der Waals surface area (Å²) in [6.07, 6.45) is 4.52. The number of nitrogens with one attached hydrogen (secondary N) is 2. The van der Waals surface area contributed by atoms with Crippen molar-refractivity contribution < 1.29 is 0 Å². The van der Waals surface area contributed by atoms with Gasteiger partial charge in [-0.15, -0.1) is 30.6 Å². The van der Waals surface area contributed by atoms with Gasteiger partial charge in [0.05, 0.1) is 6.54 Å². The van der Waals surface area contributed by atoms with Crippen LogP contribution in [0.15, 0.2) is 17.6 Å². The molecule has 1 atom stereocenters. The monoisotopic (exact) mass is 394 g/mol. The number of hydrogen-bond donors (Lipinski definition) is 2. The summed E-state index contributed by atoms with van der Waals surface area (Å²) in [5.41, 5.74) is 0. The molecule has 1 saturated heterocycles. The number of nitrogens with zero attached hydrogens (tertiary/aromatic N) is 2. The molecule has 1 rings (SSSR count). The van der Waals surface area contributed by atoms with E-state index in [1.807, 2.05) is 6.08 Å². The maximum Gasteiger partial charge on any atom is 0.191 e. The van der Waals surface area contributed by atoms with Crippen LogP contribution in [0, 0.1) is 5.92 Å². The second-order valence-electron chi connectivity index (χ2n) is 5.44. The average Bonchev–Trinajstić information content (AvgIpc) is 2.89. The Kier molecular flexibility index (Phi) is 11.2. The molecule has 0 aromatic rings. The summed E-state index contributed by atoms with van der Waals surface area (Å²) in [6, 6.07) is 0.557. The molecule has 0 amide bonds. The third kappa shape index (κ3) is 6.92. The van der Waals surface area contributed by atoms with E-state index < -0.39 is 0 Å². The maximum atomic E-state index is 4.72. The van der Waals surface area contributed by atoms with Gasteiger partial charge in [-0.3, -0.25) is 9.89 Å². The number of halogens is 1. The lowest BCUT2D eigenvalue weighted by atomic mass is 10.0. The van der Waals surface area contributed by atoms with Crippen molar-refractivity contribution in [3.05, 3.63) is 12.7 Å².